The molecule has 1 amide bonds. The van der Waals surface area contributed by atoms with E-state index in [-0.39, 0.29) is 5.91 Å². The van der Waals surface area contributed by atoms with Crippen molar-refractivity contribution in [2.75, 3.05) is 19.4 Å². The molecule has 1 heterocycles. The van der Waals surface area contributed by atoms with Crippen molar-refractivity contribution in [2.24, 2.45) is 0 Å². The van der Waals surface area contributed by atoms with E-state index in [1.54, 1.807) is 29.1 Å². The SMILES string of the molecule is COc1ccc(C(=O)NCCn2cccn2)cc1N. The van der Waals surface area contributed by atoms with Gasteiger partial charge in [0.25, 0.3) is 5.91 Å². The van der Waals surface area contributed by atoms with E-state index in [1.165, 1.54) is 7.11 Å². The molecule has 0 saturated carbocycles. The van der Waals surface area contributed by atoms with E-state index in [4.69, 9.17) is 10.5 Å². The number of hydrogen-bond acceptors (Lipinski definition) is 4. The predicted octanol–water partition coefficient (Wildman–Crippen LogP) is 0.904. The van der Waals surface area contributed by atoms with Crippen LogP contribution in [0.25, 0.3) is 0 Å². The van der Waals surface area contributed by atoms with Crippen molar-refractivity contribution in [1.82, 2.24) is 15.1 Å². The van der Waals surface area contributed by atoms with Crippen molar-refractivity contribution in [3.8, 4) is 5.75 Å². The first kappa shape index (κ1) is 12.9. The van der Waals surface area contributed by atoms with Crippen LogP contribution >= 0.6 is 0 Å². The Hall–Kier alpha value is -2.50. The molecule has 2 rings (SSSR count). The van der Waals surface area contributed by atoms with Crippen LogP contribution in [0.5, 0.6) is 5.75 Å². The number of aromatic nitrogens is 2. The lowest BCUT2D eigenvalue weighted by molar-refractivity contribution is 0.0952. The lowest BCUT2D eigenvalue weighted by Crippen LogP contribution is -2.27. The molecule has 6 nitrogen and oxygen atoms in total. The average molecular weight is 260 g/mol. The summed E-state index contributed by atoms with van der Waals surface area (Å²) in [5.41, 5.74) is 6.72. The largest absolute Gasteiger partial charge is 0.495 e. The molecule has 0 aliphatic carbocycles. The van der Waals surface area contributed by atoms with Crippen molar-refractivity contribution in [1.29, 1.82) is 0 Å². The van der Waals surface area contributed by atoms with E-state index in [0.717, 1.165) is 0 Å². The van der Waals surface area contributed by atoms with E-state index in [1.807, 2.05) is 12.3 Å². The summed E-state index contributed by atoms with van der Waals surface area (Å²) in [7, 11) is 1.54. The molecule has 0 bridgehead atoms. The van der Waals surface area contributed by atoms with Gasteiger partial charge in [-0.25, -0.2) is 0 Å². The Labute approximate surface area is 111 Å². The molecule has 1 aromatic heterocycles. The third kappa shape index (κ3) is 3.25. The van der Waals surface area contributed by atoms with Gasteiger partial charge in [-0.05, 0) is 24.3 Å². The fourth-order valence-electron chi connectivity index (χ4n) is 1.69. The maximum Gasteiger partial charge on any atom is 0.251 e. The van der Waals surface area contributed by atoms with Gasteiger partial charge in [0, 0.05) is 24.5 Å². The monoisotopic (exact) mass is 260 g/mol. The number of methoxy groups -OCH3 is 1. The number of nitrogens with two attached hydrogens (primary N) is 1. The summed E-state index contributed by atoms with van der Waals surface area (Å²) in [6.07, 6.45) is 3.55. The molecule has 0 aliphatic rings. The number of nitrogen functional groups attached to an aromatic ring is 1. The van der Waals surface area contributed by atoms with Gasteiger partial charge in [-0.3, -0.25) is 9.48 Å². The summed E-state index contributed by atoms with van der Waals surface area (Å²) in [6.45, 7) is 1.14. The number of carbonyl (C=O) groups excluding carboxylic acids is 1. The molecule has 6 heteroatoms. The van der Waals surface area contributed by atoms with Crippen molar-refractivity contribution in [3.05, 3.63) is 42.2 Å². The van der Waals surface area contributed by atoms with Gasteiger partial charge in [-0.2, -0.15) is 5.10 Å². The summed E-state index contributed by atoms with van der Waals surface area (Å²) < 4.78 is 6.79. The number of ether oxygens (including phenoxy) is 1. The van der Waals surface area contributed by atoms with E-state index in [2.05, 4.69) is 10.4 Å². The Balaban J connectivity index is 1.91. The van der Waals surface area contributed by atoms with Crippen LogP contribution in [0.3, 0.4) is 0 Å². The first-order valence-electron chi connectivity index (χ1n) is 5.90. The highest BCUT2D eigenvalue weighted by molar-refractivity contribution is 5.95. The van der Waals surface area contributed by atoms with E-state index in [0.29, 0.717) is 30.1 Å². The minimum atomic E-state index is -0.165. The third-order valence-corrected chi connectivity index (χ3v) is 2.68. The maximum atomic E-state index is 11.9. The van der Waals surface area contributed by atoms with Crippen LogP contribution in [0.4, 0.5) is 5.69 Å². The standard InChI is InChI=1S/C13H16N4O2/c1-19-12-4-3-10(9-11(12)14)13(18)15-6-8-17-7-2-5-16-17/h2-5,7,9H,6,8,14H2,1H3,(H,15,18). The first-order chi connectivity index (χ1) is 9.20. The molecule has 0 aliphatic heterocycles. The third-order valence-electron chi connectivity index (χ3n) is 2.68. The Kier molecular flexibility index (Phi) is 4.02. The minimum Gasteiger partial charge on any atom is -0.495 e. The van der Waals surface area contributed by atoms with Crippen molar-refractivity contribution >= 4 is 11.6 Å². The summed E-state index contributed by atoms with van der Waals surface area (Å²) in [6, 6.07) is 6.80. The van der Waals surface area contributed by atoms with E-state index < -0.39 is 0 Å². The number of carbonyl (C=O) groups is 1. The lowest BCUT2D eigenvalue weighted by Gasteiger charge is -2.08. The Bertz CT molecular complexity index is 552. The highest BCUT2D eigenvalue weighted by Crippen LogP contribution is 2.21. The highest BCUT2D eigenvalue weighted by atomic mass is 16.5. The molecule has 3 N–H and O–H groups in total. The molecule has 0 atom stereocenters. The zero-order valence-electron chi connectivity index (χ0n) is 10.7. The molecular weight excluding hydrogens is 244 g/mol. The van der Waals surface area contributed by atoms with Gasteiger partial charge in [-0.1, -0.05) is 0 Å². The second-order valence-corrected chi connectivity index (χ2v) is 3.98. The Morgan fingerprint density at radius 2 is 2.37 bits per heavy atom. The normalized spacial score (nSPS) is 10.2. The average Bonchev–Trinajstić information content (AvgIpc) is 2.91. The van der Waals surface area contributed by atoms with Gasteiger partial charge in [-0.15, -0.1) is 0 Å². The molecule has 0 fully saturated rings. The highest BCUT2D eigenvalue weighted by Gasteiger charge is 2.07. The number of hydrogen-bond donors (Lipinski definition) is 2. The molecule has 2 aromatic rings. The molecular formula is C13H16N4O2. The van der Waals surface area contributed by atoms with Crippen molar-refractivity contribution in [2.45, 2.75) is 6.54 Å². The van der Waals surface area contributed by atoms with Gasteiger partial charge in [0.1, 0.15) is 5.75 Å². The minimum absolute atomic E-state index is 0.165. The smallest absolute Gasteiger partial charge is 0.251 e. The zero-order valence-corrected chi connectivity index (χ0v) is 10.7. The number of nitrogens with zero attached hydrogens (tertiary/aromatic N) is 2. The lowest BCUT2D eigenvalue weighted by atomic mass is 10.2. The number of nitrogens with one attached hydrogen (secondary N) is 1. The fraction of sp³-hybridized carbons (Fsp3) is 0.231. The molecule has 0 radical (unpaired) electrons. The molecule has 19 heavy (non-hydrogen) atoms. The number of benzene rings is 1. The summed E-state index contributed by atoms with van der Waals surface area (Å²) in [5.74, 6) is 0.398. The summed E-state index contributed by atoms with van der Waals surface area (Å²) in [5, 5.41) is 6.86. The van der Waals surface area contributed by atoms with Crippen LogP contribution in [-0.2, 0) is 6.54 Å². The molecule has 0 saturated heterocycles. The number of amides is 1. The van der Waals surface area contributed by atoms with Crippen LogP contribution < -0.4 is 15.8 Å². The van der Waals surface area contributed by atoms with Gasteiger partial charge >= 0.3 is 0 Å². The van der Waals surface area contributed by atoms with Crippen molar-refractivity contribution in [3.63, 3.8) is 0 Å². The van der Waals surface area contributed by atoms with Crippen LogP contribution in [-0.4, -0.2) is 29.3 Å². The van der Waals surface area contributed by atoms with E-state index >= 15 is 0 Å². The quantitative estimate of drug-likeness (QED) is 0.783. The van der Waals surface area contributed by atoms with Crippen molar-refractivity contribution < 1.29 is 9.53 Å². The zero-order chi connectivity index (χ0) is 13.7. The van der Waals surface area contributed by atoms with Crippen LogP contribution in [0.1, 0.15) is 10.4 Å². The number of rotatable bonds is 5. The Morgan fingerprint density at radius 3 is 3.00 bits per heavy atom. The molecule has 0 spiro atoms. The van der Waals surface area contributed by atoms with Crippen LogP contribution in [0.2, 0.25) is 0 Å². The maximum absolute atomic E-state index is 11.9. The number of anilines is 1. The van der Waals surface area contributed by atoms with Gasteiger partial charge in [0.05, 0.1) is 19.3 Å². The van der Waals surface area contributed by atoms with E-state index in [9.17, 15) is 4.79 Å². The summed E-state index contributed by atoms with van der Waals surface area (Å²) >= 11 is 0. The molecule has 1 aromatic carbocycles. The Morgan fingerprint density at radius 1 is 1.53 bits per heavy atom. The second-order valence-electron chi connectivity index (χ2n) is 3.98. The van der Waals surface area contributed by atoms with Crippen LogP contribution in [0, 0.1) is 0 Å². The molecule has 0 unspecified atom stereocenters. The van der Waals surface area contributed by atoms with Gasteiger partial charge < -0.3 is 15.8 Å². The topological polar surface area (TPSA) is 82.2 Å². The van der Waals surface area contributed by atoms with Crippen LogP contribution in [0.15, 0.2) is 36.7 Å². The van der Waals surface area contributed by atoms with Gasteiger partial charge in [0.2, 0.25) is 0 Å². The molecule has 100 valence electrons. The second kappa shape index (κ2) is 5.90. The predicted molar refractivity (Wildman–Crippen MR) is 72.0 cm³/mol. The fourth-order valence-corrected chi connectivity index (χ4v) is 1.69. The van der Waals surface area contributed by atoms with Gasteiger partial charge in [0.15, 0.2) is 0 Å². The first-order valence-corrected chi connectivity index (χ1v) is 5.90. The summed E-state index contributed by atoms with van der Waals surface area (Å²) in [4.78, 5) is 11.9.